The SMILES string of the molecule is CCOC(=O)CCCC(CC)Nc1c(N)cnc2ccccc12. The van der Waals surface area contributed by atoms with Crippen molar-refractivity contribution < 1.29 is 9.53 Å². The van der Waals surface area contributed by atoms with Gasteiger partial charge in [-0.3, -0.25) is 9.78 Å². The van der Waals surface area contributed by atoms with E-state index in [1.54, 1.807) is 6.20 Å². The zero-order valence-electron chi connectivity index (χ0n) is 13.8. The van der Waals surface area contributed by atoms with Crippen molar-refractivity contribution in [3.05, 3.63) is 30.5 Å². The third-order valence-electron chi connectivity index (χ3n) is 3.88. The Morgan fingerprint density at radius 2 is 2.13 bits per heavy atom. The molecule has 5 heteroatoms. The van der Waals surface area contributed by atoms with Gasteiger partial charge in [0.15, 0.2) is 0 Å². The van der Waals surface area contributed by atoms with Gasteiger partial charge in [0.2, 0.25) is 0 Å². The van der Waals surface area contributed by atoms with Crippen LogP contribution in [-0.2, 0) is 9.53 Å². The molecule has 0 aliphatic heterocycles. The molecule has 0 spiro atoms. The lowest BCUT2D eigenvalue weighted by molar-refractivity contribution is -0.143. The van der Waals surface area contributed by atoms with E-state index in [0.717, 1.165) is 35.9 Å². The predicted octanol–water partition coefficient (Wildman–Crippen LogP) is 3.74. The molecular formula is C18H25N3O2. The van der Waals surface area contributed by atoms with Crippen molar-refractivity contribution in [1.29, 1.82) is 0 Å². The number of hydrogen-bond donors (Lipinski definition) is 2. The van der Waals surface area contributed by atoms with Gasteiger partial charge in [0.05, 0.1) is 29.7 Å². The summed E-state index contributed by atoms with van der Waals surface area (Å²) in [6.45, 7) is 4.39. The molecule has 1 aromatic heterocycles. The molecule has 1 heterocycles. The van der Waals surface area contributed by atoms with Crippen molar-refractivity contribution in [2.75, 3.05) is 17.7 Å². The lowest BCUT2D eigenvalue weighted by Gasteiger charge is -2.20. The number of ether oxygens (including phenoxy) is 1. The molecule has 0 amide bonds. The smallest absolute Gasteiger partial charge is 0.305 e. The van der Waals surface area contributed by atoms with Gasteiger partial charge in [-0.2, -0.15) is 0 Å². The maximum atomic E-state index is 11.4. The molecule has 3 N–H and O–H groups in total. The Morgan fingerprint density at radius 1 is 1.35 bits per heavy atom. The minimum atomic E-state index is -0.128. The van der Waals surface area contributed by atoms with Crippen LogP contribution in [0.4, 0.5) is 11.4 Å². The molecule has 0 radical (unpaired) electrons. The van der Waals surface area contributed by atoms with Crippen LogP contribution < -0.4 is 11.1 Å². The van der Waals surface area contributed by atoms with E-state index in [4.69, 9.17) is 10.5 Å². The van der Waals surface area contributed by atoms with E-state index < -0.39 is 0 Å². The van der Waals surface area contributed by atoms with Gasteiger partial charge in [-0.1, -0.05) is 25.1 Å². The topological polar surface area (TPSA) is 77.2 Å². The number of nitrogens with zero attached hydrogens (tertiary/aromatic N) is 1. The highest BCUT2D eigenvalue weighted by atomic mass is 16.5. The number of anilines is 2. The first-order chi connectivity index (χ1) is 11.2. The van der Waals surface area contributed by atoms with Gasteiger partial charge in [0.25, 0.3) is 0 Å². The van der Waals surface area contributed by atoms with Crippen LogP contribution in [-0.4, -0.2) is 23.6 Å². The number of carbonyl (C=O) groups excluding carboxylic acids is 1. The normalized spacial score (nSPS) is 12.1. The fourth-order valence-electron chi connectivity index (χ4n) is 2.63. The number of pyridine rings is 1. The molecule has 0 bridgehead atoms. The average Bonchev–Trinajstić information content (AvgIpc) is 2.56. The monoisotopic (exact) mass is 315 g/mol. The number of aromatic nitrogens is 1. The highest BCUT2D eigenvalue weighted by molar-refractivity contribution is 5.96. The molecule has 0 saturated heterocycles. The molecule has 1 atom stereocenters. The van der Waals surface area contributed by atoms with Gasteiger partial charge in [-0.25, -0.2) is 0 Å². The molecule has 23 heavy (non-hydrogen) atoms. The summed E-state index contributed by atoms with van der Waals surface area (Å²) in [5.41, 5.74) is 8.60. The van der Waals surface area contributed by atoms with Gasteiger partial charge in [0.1, 0.15) is 0 Å². The van der Waals surface area contributed by atoms with E-state index in [0.29, 0.717) is 18.7 Å². The van der Waals surface area contributed by atoms with Crippen LogP contribution in [0.15, 0.2) is 30.5 Å². The summed E-state index contributed by atoms with van der Waals surface area (Å²) in [5.74, 6) is -0.128. The first kappa shape index (κ1) is 17.1. The molecule has 0 saturated carbocycles. The first-order valence-electron chi connectivity index (χ1n) is 8.21. The van der Waals surface area contributed by atoms with Crippen LogP contribution in [0.2, 0.25) is 0 Å². The van der Waals surface area contributed by atoms with E-state index in [9.17, 15) is 4.79 Å². The molecule has 1 aromatic carbocycles. The quantitative estimate of drug-likeness (QED) is 0.726. The standard InChI is InChI=1S/C18H25N3O2/c1-3-13(8-7-11-17(22)23-4-2)21-18-14-9-5-6-10-16(14)20-12-15(18)19/h5-6,9-10,12-13H,3-4,7-8,11,19H2,1-2H3,(H,20,21). The van der Waals surface area contributed by atoms with Gasteiger partial charge in [0, 0.05) is 17.8 Å². The molecule has 0 aliphatic carbocycles. The van der Waals surface area contributed by atoms with Crippen molar-refractivity contribution in [3.8, 4) is 0 Å². The number of nitrogens with two attached hydrogens (primary N) is 1. The lowest BCUT2D eigenvalue weighted by atomic mass is 10.1. The number of hydrogen-bond acceptors (Lipinski definition) is 5. The van der Waals surface area contributed by atoms with Crippen molar-refractivity contribution in [2.45, 2.75) is 45.6 Å². The Kier molecular flexibility index (Phi) is 6.20. The molecule has 0 fully saturated rings. The second-order valence-electron chi connectivity index (χ2n) is 5.55. The molecular weight excluding hydrogens is 290 g/mol. The fraction of sp³-hybridized carbons (Fsp3) is 0.444. The van der Waals surface area contributed by atoms with Crippen LogP contribution >= 0.6 is 0 Å². The van der Waals surface area contributed by atoms with Crippen LogP contribution in [0.5, 0.6) is 0 Å². The Bertz CT molecular complexity index is 658. The van der Waals surface area contributed by atoms with Gasteiger partial charge >= 0.3 is 5.97 Å². The highest BCUT2D eigenvalue weighted by Crippen LogP contribution is 2.29. The predicted molar refractivity (Wildman–Crippen MR) is 94.3 cm³/mol. The maximum absolute atomic E-state index is 11.4. The van der Waals surface area contributed by atoms with Crippen molar-refractivity contribution in [2.24, 2.45) is 0 Å². The van der Waals surface area contributed by atoms with Gasteiger partial charge < -0.3 is 15.8 Å². The Balaban J connectivity index is 2.04. The molecule has 1 unspecified atom stereocenters. The largest absolute Gasteiger partial charge is 0.466 e. The zero-order chi connectivity index (χ0) is 16.7. The number of carbonyl (C=O) groups is 1. The highest BCUT2D eigenvalue weighted by Gasteiger charge is 2.12. The Labute approximate surface area is 137 Å². The third kappa shape index (κ3) is 4.58. The lowest BCUT2D eigenvalue weighted by Crippen LogP contribution is -2.20. The summed E-state index contributed by atoms with van der Waals surface area (Å²) in [7, 11) is 0. The third-order valence-corrected chi connectivity index (χ3v) is 3.88. The number of esters is 1. The summed E-state index contributed by atoms with van der Waals surface area (Å²) < 4.78 is 4.96. The summed E-state index contributed by atoms with van der Waals surface area (Å²) in [4.78, 5) is 15.8. The van der Waals surface area contributed by atoms with Crippen LogP contribution in [0.25, 0.3) is 10.9 Å². The second-order valence-corrected chi connectivity index (χ2v) is 5.55. The maximum Gasteiger partial charge on any atom is 0.305 e. The van der Waals surface area contributed by atoms with E-state index in [-0.39, 0.29) is 12.0 Å². The fourth-order valence-corrected chi connectivity index (χ4v) is 2.63. The van der Waals surface area contributed by atoms with Crippen molar-refractivity contribution in [3.63, 3.8) is 0 Å². The Hall–Kier alpha value is -2.30. The summed E-state index contributed by atoms with van der Waals surface area (Å²) >= 11 is 0. The van der Waals surface area contributed by atoms with E-state index in [1.165, 1.54) is 0 Å². The summed E-state index contributed by atoms with van der Waals surface area (Å²) in [6, 6.07) is 8.20. The van der Waals surface area contributed by atoms with Crippen molar-refractivity contribution in [1.82, 2.24) is 4.98 Å². The first-order valence-corrected chi connectivity index (χ1v) is 8.21. The van der Waals surface area contributed by atoms with Gasteiger partial charge in [-0.15, -0.1) is 0 Å². The molecule has 2 rings (SSSR count). The molecule has 2 aromatic rings. The second kappa shape index (κ2) is 8.36. The molecule has 5 nitrogen and oxygen atoms in total. The number of nitrogen functional groups attached to an aromatic ring is 1. The zero-order valence-corrected chi connectivity index (χ0v) is 13.8. The van der Waals surface area contributed by atoms with Crippen molar-refractivity contribution >= 4 is 28.2 Å². The Morgan fingerprint density at radius 3 is 2.87 bits per heavy atom. The van der Waals surface area contributed by atoms with E-state index in [2.05, 4.69) is 17.2 Å². The minimum Gasteiger partial charge on any atom is -0.466 e. The van der Waals surface area contributed by atoms with E-state index in [1.807, 2.05) is 31.2 Å². The van der Waals surface area contributed by atoms with Gasteiger partial charge in [-0.05, 0) is 32.3 Å². The van der Waals surface area contributed by atoms with Crippen LogP contribution in [0.3, 0.4) is 0 Å². The van der Waals surface area contributed by atoms with E-state index >= 15 is 0 Å². The number of rotatable bonds is 8. The molecule has 124 valence electrons. The average molecular weight is 315 g/mol. The van der Waals surface area contributed by atoms with Crippen LogP contribution in [0, 0.1) is 0 Å². The molecule has 0 aliphatic rings. The number of fused-ring (bicyclic) bond motifs is 1. The number of nitrogens with one attached hydrogen (secondary N) is 1. The summed E-state index contributed by atoms with van der Waals surface area (Å²) in [6.07, 6.45) is 4.80. The minimum absolute atomic E-state index is 0.128. The van der Waals surface area contributed by atoms with Crippen LogP contribution in [0.1, 0.15) is 39.5 Å². The number of benzene rings is 1. The summed E-state index contributed by atoms with van der Waals surface area (Å²) in [5, 5.41) is 4.55. The number of para-hydroxylation sites is 1.